The third-order valence-electron chi connectivity index (χ3n) is 4.23. The number of carbonyl (C=O) groups excluding carboxylic acids is 1. The number of fused-ring (bicyclic) bond motifs is 1. The third-order valence-corrected chi connectivity index (χ3v) is 5.36. The van der Waals surface area contributed by atoms with Gasteiger partial charge in [-0.1, -0.05) is 24.3 Å². The molecule has 4 N–H and O–H groups in total. The Morgan fingerprint density at radius 3 is 2.38 bits per heavy atom. The van der Waals surface area contributed by atoms with E-state index in [9.17, 15) is 13.2 Å². The van der Waals surface area contributed by atoms with Crippen LogP contribution in [0.4, 0.5) is 0 Å². The molecule has 2 aromatic rings. The molecule has 0 spiro atoms. The molecule has 0 fully saturated rings. The molecule has 0 unspecified atom stereocenters. The van der Waals surface area contributed by atoms with Gasteiger partial charge in [0.15, 0.2) is 15.8 Å². The molecule has 2 aromatic carbocycles. The van der Waals surface area contributed by atoms with Gasteiger partial charge in [-0.15, -0.1) is 0 Å². The van der Waals surface area contributed by atoms with Gasteiger partial charge in [0.1, 0.15) is 0 Å². The minimum atomic E-state index is -3.24. The fourth-order valence-electron chi connectivity index (χ4n) is 3.00. The lowest BCUT2D eigenvalue weighted by Gasteiger charge is -2.19. The summed E-state index contributed by atoms with van der Waals surface area (Å²) in [7, 11) is -3.24. The monoisotopic (exact) mass is 369 g/mol. The van der Waals surface area contributed by atoms with E-state index >= 15 is 0 Å². The number of guanidine groups is 1. The lowest BCUT2D eigenvalue weighted by atomic mass is 9.86. The lowest BCUT2D eigenvalue weighted by Crippen LogP contribution is -2.24. The van der Waals surface area contributed by atoms with Crippen LogP contribution in [0.3, 0.4) is 0 Å². The normalized spacial score (nSPS) is 13.5. The number of aliphatic imine (C=N–C) groups is 1. The van der Waals surface area contributed by atoms with E-state index in [0.717, 1.165) is 35.1 Å². The highest BCUT2D eigenvalue weighted by Crippen LogP contribution is 2.33. The van der Waals surface area contributed by atoms with Crippen LogP contribution in [-0.2, 0) is 16.3 Å². The highest BCUT2D eigenvalue weighted by atomic mass is 32.2. The Labute approximate surface area is 152 Å². The van der Waals surface area contributed by atoms with E-state index in [-0.39, 0.29) is 10.9 Å². The van der Waals surface area contributed by atoms with Crippen LogP contribution in [0.2, 0.25) is 0 Å². The van der Waals surface area contributed by atoms with E-state index in [1.54, 1.807) is 36.4 Å². The van der Waals surface area contributed by atoms with Gasteiger partial charge in [-0.25, -0.2) is 8.42 Å². The van der Waals surface area contributed by atoms with E-state index in [1.807, 2.05) is 6.07 Å². The molecule has 26 heavy (non-hydrogen) atoms. The zero-order chi connectivity index (χ0) is 18.9. The Bertz CT molecular complexity index is 1030. The number of carbonyl (C=O) groups is 1. The highest BCUT2D eigenvalue weighted by molar-refractivity contribution is 7.90. The number of sulfone groups is 1. The van der Waals surface area contributed by atoms with Crippen molar-refractivity contribution in [2.45, 2.75) is 17.7 Å². The topological polar surface area (TPSA) is 116 Å². The number of hydrogen-bond donors (Lipinski definition) is 2. The number of rotatable bonds is 3. The van der Waals surface area contributed by atoms with Gasteiger partial charge in [-0.2, -0.15) is 4.99 Å². The summed E-state index contributed by atoms with van der Waals surface area (Å²) in [4.78, 5) is 16.0. The Morgan fingerprint density at radius 1 is 1.08 bits per heavy atom. The van der Waals surface area contributed by atoms with E-state index in [4.69, 9.17) is 11.5 Å². The van der Waals surface area contributed by atoms with E-state index in [2.05, 4.69) is 11.1 Å². The van der Waals surface area contributed by atoms with Crippen molar-refractivity contribution in [3.63, 3.8) is 0 Å². The standard InChI is InChI=1S/C19H19N3O3S/c1-26(24,25)15-9-7-13(8-10-15)16-4-2-3-12-5-6-14(11-17(12)16)18(23)22-19(20)21/h4-11H,2-3H2,1H3,(H4,20,21,22,23). The summed E-state index contributed by atoms with van der Waals surface area (Å²) in [5, 5.41) is 0. The molecular formula is C19H19N3O3S. The van der Waals surface area contributed by atoms with Gasteiger partial charge in [-0.05, 0) is 59.4 Å². The van der Waals surface area contributed by atoms with Crippen molar-refractivity contribution >= 4 is 27.3 Å². The van der Waals surface area contributed by atoms with Gasteiger partial charge in [0.05, 0.1) is 4.90 Å². The molecule has 0 heterocycles. The van der Waals surface area contributed by atoms with Crippen LogP contribution in [-0.4, -0.2) is 26.5 Å². The Morgan fingerprint density at radius 2 is 1.77 bits per heavy atom. The van der Waals surface area contributed by atoms with Crippen LogP contribution >= 0.6 is 0 Å². The molecule has 134 valence electrons. The summed E-state index contributed by atoms with van der Waals surface area (Å²) < 4.78 is 23.3. The van der Waals surface area contributed by atoms with Gasteiger partial charge in [0.25, 0.3) is 5.91 Å². The van der Waals surface area contributed by atoms with E-state index in [1.165, 1.54) is 6.26 Å². The van der Waals surface area contributed by atoms with Crippen molar-refractivity contribution < 1.29 is 13.2 Å². The number of nitrogens with two attached hydrogens (primary N) is 2. The quantitative estimate of drug-likeness (QED) is 0.633. The third kappa shape index (κ3) is 3.67. The van der Waals surface area contributed by atoms with Crippen molar-refractivity contribution in [2.24, 2.45) is 16.5 Å². The second kappa shape index (κ2) is 6.76. The average Bonchev–Trinajstić information content (AvgIpc) is 2.59. The molecule has 0 saturated heterocycles. The fraction of sp³-hybridized carbons (Fsp3) is 0.158. The molecule has 1 aliphatic carbocycles. The molecule has 6 nitrogen and oxygen atoms in total. The van der Waals surface area contributed by atoms with Crippen molar-refractivity contribution in [3.8, 4) is 0 Å². The van der Waals surface area contributed by atoms with Crippen molar-refractivity contribution in [1.29, 1.82) is 0 Å². The first-order chi connectivity index (χ1) is 12.3. The SMILES string of the molecule is CS(=O)(=O)c1ccc(C2=CCCc3ccc(C(=O)N=C(N)N)cc32)cc1. The molecule has 1 aliphatic rings. The van der Waals surface area contributed by atoms with Gasteiger partial charge >= 0.3 is 0 Å². The van der Waals surface area contributed by atoms with Crippen LogP contribution in [0, 0.1) is 0 Å². The zero-order valence-corrected chi connectivity index (χ0v) is 15.1. The molecular weight excluding hydrogens is 350 g/mol. The largest absolute Gasteiger partial charge is 0.370 e. The molecule has 0 bridgehead atoms. The first-order valence-corrected chi connectivity index (χ1v) is 9.93. The number of allylic oxidation sites excluding steroid dienone is 1. The summed E-state index contributed by atoms with van der Waals surface area (Å²) in [6, 6.07) is 12.1. The summed E-state index contributed by atoms with van der Waals surface area (Å²) in [5.74, 6) is -0.773. The Hall–Kier alpha value is -2.93. The van der Waals surface area contributed by atoms with Crippen LogP contribution in [0.25, 0.3) is 5.57 Å². The maximum Gasteiger partial charge on any atom is 0.280 e. The molecule has 0 aliphatic heterocycles. The zero-order valence-electron chi connectivity index (χ0n) is 14.3. The van der Waals surface area contributed by atoms with E-state index < -0.39 is 15.7 Å². The number of nitrogens with zero attached hydrogens (tertiary/aromatic N) is 1. The number of amides is 1. The molecule has 3 rings (SSSR count). The van der Waals surface area contributed by atoms with Gasteiger partial charge < -0.3 is 11.5 Å². The molecule has 1 amide bonds. The fourth-order valence-corrected chi connectivity index (χ4v) is 3.63. The van der Waals surface area contributed by atoms with Crippen LogP contribution in [0.5, 0.6) is 0 Å². The molecule has 0 atom stereocenters. The van der Waals surface area contributed by atoms with Gasteiger partial charge in [-0.3, -0.25) is 4.79 Å². The Balaban J connectivity index is 2.03. The number of aryl methyl sites for hydroxylation is 1. The molecule has 0 aromatic heterocycles. The van der Waals surface area contributed by atoms with E-state index in [0.29, 0.717) is 5.56 Å². The highest BCUT2D eigenvalue weighted by Gasteiger charge is 2.17. The summed E-state index contributed by atoms with van der Waals surface area (Å²) >= 11 is 0. The summed E-state index contributed by atoms with van der Waals surface area (Å²) in [5.41, 5.74) is 14.9. The maximum atomic E-state index is 12.1. The van der Waals surface area contributed by atoms with Crippen LogP contribution in [0.15, 0.2) is 58.4 Å². The minimum Gasteiger partial charge on any atom is -0.370 e. The molecule has 0 saturated carbocycles. The summed E-state index contributed by atoms with van der Waals surface area (Å²) in [6.07, 6.45) is 5.01. The van der Waals surface area contributed by atoms with Gasteiger partial charge in [0.2, 0.25) is 0 Å². The van der Waals surface area contributed by atoms with Gasteiger partial charge in [0, 0.05) is 11.8 Å². The van der Waals surface area contributed by atoms with Crippen LogP contribution < -0.4 is 11.5 Å². The predicted molar refractivity (Wildman–Crippen MR) is 102 cm³/mol. The molecule has 0 radical (unpaired) electrons. The van der Waals surface area contributed by atoms with Crippen molar-refractivity contribution in [3.05, 3.63) is 70.8 Å². The Kier molecular flexibility index (Phi) is 4.65. The lowest BCUT2D eigenvalue weighted by molar-refractivity contribution is 0.100. The first-order valence-electron chi connectivity index (χ1n) is 8.03. The average molecular weight is 369 g/mol. The number of hydrogen-bond acceptors (Lipinski definition) is 3. The first kappa shape index (κ1) is 17.9. The number of benzene rings is 2. The second-order valence-corrected chi connectivity index (χ2v) is 8.18. The predicted octanol–water partition coefficient (Wildman–Crippen LogP) is 1.88. The minimum absolute atomic E-state index is 0.273. The maximum absolute atomic E-state index is 12.1. The van der Waals surface area contributed by atoms with Crippen molar-refractivity contribution in [2.75, 3.05) is 6.26 Å². The summed E-state index contributed by atoms with van der Waals surface area (Å²) in [6.45, 7) is 0. The van der Waals surface area contributed by atoms with Crippen molar-refractivity contribution in [1.82, 2.24) is 0 Å². The van der Waals surface area contributed by atoms with Crippen LogP contribution in [0.1, 0.15) is 33.5 Å². The smallest absolute Gasteiger partial charge is 0.280 e. The molecule has 7 heteroatoms. The second-order valence-electron chi connectivity index (χ2n) is 6.17.